The minimum Gasteiger partial charge on any atom is -0.495 e. The summed E-state index contributed by atoms with van der Waals surface area (Å²) in [6.07, 6.45) is -0.121. The Morgan fingerprint density at radius 3 is 2.59 bits per heavy atom. The molecule has 2 fully saturated rings. The quantitative estimate of drug-likeness (QED) is 0.0529. The lowest BCUT2D eigenvalue weighted by molar-refractivity contribution is -0.166. The van der Waals surface area contributed by atoms with Crippen molar-refractivity contribution in [3.05, 3.63) is 46.5 Å². The minimum absolute atomic E-state index is 0.0439. The average molecular weight is 923 g/mol. The molecule has 1 aromatic carbocycles. The molecule has 0 unspecified atom stereocenters. The molecule has 2 saturated heterocycles. The van der Waals surface area contributed by atoms with Crippen LogP contribution in [0.5, 0.6) is 5.75 Å². The summed E-state index contributed by atoms with van der Waals surface area (Å²) in [6.45, 7) is 7.36. The van der Waals surface area contributed by atoms with E-state index in [1.165, 1.54) is 26.0 Å². The van der Waals surface area contributed by atoms with Crippen LogP contribution in [0.1, 0.15) is 46.1 Å². The number of hydrogen-bond acceptors (Lipinski definition) is 14. The number of rotatable bonds is 14. The Hall–Kier alpha value is -3.08. The molecular formula is C37H52ClIN4O13. The van der Waals surface area contributed by atoms with Crippen LogP contribution >= 0.6 is 34.5 Å². The highest BCUT2D eigenvalue weighted by Crippen LogP contribution is 2.49. The molecule has 3 heterocycles. The number of nitrogens with zero attached hydrogens (tertiary/aromatic N) is 1. The lowest BCUT2D eigenvalue weighted by atomic mass is 9.83. The predicted molar refractivity (Wildman–Crippen MR) is 211 cm³/mol. The highest BCUT2D eigenvalue weighted by Gasteiger charge is 2.64. The van der Waals surface area contributed by atoms with Gasteiger partial charge in [0.15, 0.2) is 11.8 Å². The summed E-state index contributed by atoms with van der Waals surface area (Å²) in [4.78, 5) is 53.2. The molecule has 0 spiro atoms. The van der Waals surface area contributed by atoms with Crippen LogP contribution in [0.4, 0.5) is 10.5 Å². The molecule has 3 amide bonds. The fraction of sp³-hybridized carbons (Fsp3) is 0.622. The van der Waals surface area contributed by atoms with Gasteiger partial charge in [-0.25, -0.2) is 9.59 Å². The van der Waals surface area contributed by atoms with Gasteiger partial charge >= 0.3 is 12.1 Å². The maximum atomic E-state index is 14.1. The zero-order valence-electron chi connectivity index (χ0n) is 32.6. The van der Waals surface area contributed by atoms with E-state index >= 15 is 0 Å². The summed E-state index contributed by atoms with van der Waals surface area (Å²) in [5.41, 5.74) is 1.45. The number of anilines is 1. The second-order valence-corrected chi connectivity index (χ2v) is 15.0. The molecule has 19 heteroatoms. The highest BCUT2D eigenvalue weighted by molar-refractivity contribution is 14.1. The van der Waals surface area contributed by atoms with E-state index in [-0.39, 0.29) is 56.8 Å². The summed E-state index contributed by atoms with van der Waals surface area (Å²) in [7, 11) is 4.49. The third-order valence-electron chi connectivity index (χ3n) is 9.93. The van der Waals surface area contributed by atoms with E-state index in [2.05, 4.69) is 14.4 Å². The van der Waals surface area contributed by atoms with Gasteiger partial charge in [0, 0.05) is 49.4 Å². The van der Waals surface area contributed by atoms with Gasteiger partial charge in [-0.2, -0.15) is 3.64 Å². The fourth-order valence-corrected chi connectivity index (χ4v) is 7.28. The van der Waals surface area contributed by atoms with Gasteiger partial charge in [0.25, 0.3) is 5.91 Å². The van der Waals surface area contributed by atoms with Crippen molar-refractivity contribution >= 4 is 64.0 Å². The Morgan fingerprint density at radius 2 is 1.89 bits per heavy atom. The van der Waals surface area contributed by atoms with Crippen LogP contribution < -0.4 is 24.0 Å². The minimum atomic E-state index is -1.83. The molecule has 1 aromatic rings. The third kappa shape index (κ3) is 11.8. The molecule has 0 radical (unpaired) electrons. The Kier molecular flexibility index (Phi) is 16.7. The lowest BCUT2D eigenvalue weighted by Gasteiger charge is -2.42. The predicted octanol–water partition coefficient (Wildman–Crippen LogP) is 3.08. The van der Waals surface area contributed by atoms with Gasteiger partial charge in [0.2, 0.25) is 5.91 Å². The van der Waals surface area contributed by atoms with Crippen molar-refractivity contribution < 1.29 is 62.2 Å². The van der Waals surface area contributed by atoms with Crippen molar-refractivity contribution in [3.8, 4) is 5.75 Å². The molecule has 4 rings (SSSR count). The smallest absolute Gasteiger partial charge is 0.409 e. The van der Waals surface area contributed by atoms with E-state index in [1.54, 1.807) is 68.0 Å². The number of alkyl carbamates (subject to hydrolysis) is 1. The molecule has 312 valence electrons. The molecule has 4 N–H and O–H groups in total. The van der Waals surface area contributed by atoms with Crippen LogP contribution in [-0.4, -0.2) is 125 Å². The van der Waals surface area contributed by atoms with Gasteiger partial charge in [-0.1, -0.05) is 42.3 Å². The van der Waals surface area contributed by atoms with Crippen molar-refractivity contribution in [2.24, 2.45) is 5.92 Å². The molecule has 3 aliphatic heterocycles. The standard InChI is InChI=1S/C37H52ClIN4O13/c1-21-9-8-10-28(50-7)37(48)19-27(54-35(47)40-37)22(2)33-36(4,56-33)29(18-31(45)43(5)25-16-24(15-21)17-26(49-6)32(25)38)55-34(46)23(3)53-14-13-51-11-12-52-20-30(44)41-42-39/h8-10,16-17,22-23,27-29,33,42,48H,11-15,18-20H2,1-7H3,(H,40,47)(H,41,44)/b10-8+,21-9+/t22-,23+,27+,28-,29+,33+,36+,37+/m1/s1. The van der Waals surface area contributed by atoms with Gasteiger partial charge in [-0.3, -0.25) is 20.3 Å². The fourth-order valence-electron chi connectivity index (χ4n) is 6.67. The molecule has 3 aliphatic rings. The third-order valence-corrected chi connectivity index (χ3v) is 10.6. The van der Waals surface area contributed by atoms with Crippen LogP contribution in [-0.2, 0) is 54.0 Å². The summed E-state index contributed by atoms with van der Waals surface area (Å²) >= 11 is 8.52. The van der Waals surface area contributed by atoms with Crippen LogP contribution in [0.2, 0.25) is 5.02 Å². The van der Waals surface area contributed by atoms with Crippen LogP contribution in [0.25, 0.3) is 0 Å². The Morgan fingerprint density at radius 1 is 1.18 bits per heavy atom. The Balaban J connectivity index is 1.57. The monoisotopic (exact) mass is 922 g/mol. The normalized spacial score (nSPS) is 30.1. The number of benzene rings is 1. The van der Waals surface area contributed by atoms with Crippen molar-refractivity contribution in [1.29, 1.82) is 0 Å². The van der Waals surface area contributed by atoms with Crippen molar-refractivity contribution in [2.75, 3.05) is 59.2 Å². The summed E-state index contributed by atoms with van der Waals surface area (Å²) < 4.78 is 47.9. The molecule has 4 bridgehead atoms. The number of methoxy groups -OCH3 is 2. The number of esters is 1. The number of halogens is 2. The number of amides is 3. The number of allylic oxidation sites excluding steroid dienone is 3. The number of hydrogen-bond donors (Lipinski definition) is 4. The summed E-state index contributed by atoms with van der Waals surface area (Å²) in [6, 6.07) is 3.58. The number of nitrogens with one attached hydrogen (secondary N) is 3. The maximum Gasteiger partial charge on any atom is 0.409 e. The first-order valence-electron chi connectivity index (χ1n) is 18.1. The van der Waals surface area contributed by atoms with Gasteiger partial charge in [-0.15, -0.1) is 0 Å². The maximum absolute atomic E-state index is 14.1. The van der Waals surface area contributed by atoms with Crippen molar-refractivity contribution in [2.45, 2.75) is 88.8 Å². The first kappa shape index (κ1) is 45.6. The molecule has 8 atom stereocenters. The highest BCUT2D eigenvalue weighted by atomic mass is 127. The number of fused-ring (bicyclic) bond motifs is 5. The number of epoxide rings is 1. The van der Waals surface area contributed by atoms with Crippen LogP contribution in [0.3, 0.4) is 0 Å². The molecule has 0 aliphatic carbocycles. The van der Waals surface area contributed by atoms with E-state index in [4.69, 9.17) is 49.5 Å². The molecule has 0 aromatic heterocycles. The molecule has 17 nitrogen and oxygen atoms in total. The zero-order chi connectivity index (χ0) is 41.2. The van der Waals surface area contributed by atoms with E-state index in [0.29, 0.717) is 17.9 Å². The number of aliphatic hydroxyl groups is 1. The molecule has 56 heavy (non-hydrogen) atoms. The number of carbonyl (C=O) groups excluding carboxylic acids is 4. The van der Waals surface area contributed by atoms with Crippen molar-refractivity contribution in [1.82, 2.24) is 14.4 Å². The first-order valence-corrected chi connectivity index (χ1v) is 19.5. The Labute approximate surface area is 345 Å². The average Bonchev–Trinajstić information content (AvgIpc) is 3.85. The van der Waals surface area contributed by atoms with Crippen LogP contribution in [0.15, 0.2) is 35.9 Å². The molecule has 0 saturated carbocycles. The largest absolute Gasteiger partial charge is 0.495 e. The van der Waals surface area contributed by atoms with Gasteiger partial charge < -0.3 is 47.9 Å². The summed E-state index contributed by atoms with van der Waals surface area (Å²) in [5.74, 6) is -1.67. The van der Waals surface area contributed by atoms with Crippen molar-refractivity contribution in [3.63, 3.8) is 0 Å². The lowest BCUT2D eigenvalue weighted by Crippen LogP contribution is -2.63. The molecular weight excluding hydrogens is 871 g/mol. The number of carbonyl (C=O) groups is 4. The SMILES string of the molecule is COc1cc2cc(c1Cl)N(C)C(=O)C[C@H](OC(=O)[C@H](C)OCCOCCOCC(=O)NNI)[C@]1(C)O[C@H]1[C@H](C)[C@@H]1C[C@@](O)(NC(=O)O1)[C@H](OC)/C=C/C=C(\C)C2. The van der Waals surface area contributed by atoms with E-state index in [0.717, 1.165) is 11.1 Å². The zero-order valence-corrected chi connectivity index (χ0v) is 35.5. The Bertz CT molecular complexity index is 1630. The number of ether oxygens (including phenoxy) is 8. The topological polar surface area (TPSA) is 205 Å². The second-order valence-electron chi connectivity index (χ2n) is 14.0. The van der Waals surface area contributed by atoms with Gasteiger partial charge in [0.05, 0.1) is 51.7 Å². The number of hydrazine groups is 1. The van der Waals surface area contributed by atoms with Crippen LogP contribution in [0, 0.1) is 5.92 Å². The van der Waals surface area contributed by atoms with E-state index in [1.807, 2.05) is 13.0 Å². The van der Waals surface area contributed by atoms with Gasteiger partial charge in [-0.05, 0) is 44.9 Å². The summed E-state index contributed by atoms with van der Waals surface area (Å²) in [5, 5.41) is 14.5. The second kappa shape index (κ2) is 20.6. The van der Waals surface area contributed by atoms with Gasteiger partial charge in [0.1, 0.15) is 41.3 Å². The van der Waals surface area contributed by atoms with E-state index in [9.17, 15) is 24.3 Å². The first-order chi connectivity index (χ1) is 26.6. The van der Waals surface area contributed by atoms with E-state index < -0.39 is 65.7 Å².